The van der Waals surface area contributed by atoms with E-state index in [9.17, 15) is 13.2 Å². The average Bonchev–Trinajstić information content (AvgIpc) is 2.19. The molecule has 0 aliphatic rings. The zero-order valence-electron chi connectivity index (χ0n) is 7.26. The molecule has 76 valence electrons. The minimum atomic E-state index is -3.42. The highest BCUT2D eigenvalue weighted by Crippen LogP contribution is 2.21. The Bertz CT molecular complexity index is 399. The molecule has 0 amide bonds. The number of benzene rings is 1. The normalized spacial score (nSPS) is 13.5. The number of halogens is 1. The summed E-state index contributed by atoms with van der Waals surface area (Å²) < 4.78 is 22.6. The summed E-state index contributed by atoms with van der Waals surface area (Å²) in [6.07, 6.45) is 0.539. The van der Waals surface area contributed by atoms with Crippen molar-refractivity contribution in [2.75, 3.05) is 0 Å². The van der Waals surface area contributed by atoms with Crippen LogP contribution in [-0.4, -0.2) is 18.9 Å². The van der Waals surface area contributed by atoms with Crippen molar-refractivity contribution in [3.63, 3.8) is 0 Å². The van der Waals surface area contributed by atoms with E-state index in [0.717, 1.165) is 0 Å². The maximum atomic E-state index is 11.7. The van der Waals surface area contributed by atoms with Crippen molar-refractivity contribution in [3.8, 4) is 0 Å². The van der Waals surface area contributed by atoms with Gasteiger partial charge in [0.2, 0.25) is 0 Å². The van der Waals surface area contributed by atoms with E-state index in [-0.39, 0.29) is 11.3 Å². The van der Waals surface area contributed by atoms with Gasteiger partial charge >= 0.3 is 0 Å². The van der Waals surface area contributed by atoms with Crippen LogP contribution in [0.1, 0.15) is 6.42 Å². The highest BCUT2D eigenvalue weighted by atomic mass is 79.9. The molecule has 1 aromatic carbocycles. The highest BCUT2D eigenvalue weighted by Gasteiger charge is 2.23. The summed E-state index contributed by atoms with van der Waals surface area (Å²) in [4.78, 5) is 10.4. The molecule has 0 fully saturated rings. The van der Waals surface area contributed by atoms with Crippen LogP contribution in [-0.2, 0) is 14.6 Å². The zero-order chi connectivity index (χ0) is 10.6. The number of alkyl halides is 1. The molecule has 14 heavy (non-hydrogen) atoms. The number of hydrogen-bond acceptors (Lipinski definition) is 3. The molecule has 0 saturated heterocycles. The summed E-state index contributed by atoms with van der Waals surface area (Å²) in [7, 11) is -3.42. The fraction of sp³-hybridized carbons (Fsp3) is 0.222. The predicted molar refractivity (Wildman–Crippen MR) is 57.0 cm³/mol. The van der Waals surface area contributed by atoms with Crippen LogP contribution < -0.4 is 0 Å². The van der Waals surface area contributed by atoms with E-state index in [4.69, 9.17) is 0 Å². The number of carbonyl (C=O) groups is 1. The fourth-order valence-corrected chi connectivity index (χ4v) is 2.92. The number of aldehydes is 1. The van der Waals surface area contributed by atoms with Crippen molar-refractivity contribution >= 4 is 32.1 Å². The minimum Gasteiger partial charge on any atom is -0.303 e. The van der Waals surface area contributed by atoms with Crippen LogP contribution in [0.3, 0.4) is 0 Å². The summed E-state index contributed by atoms with van der Waals surface area (Å²) in [6.45, 7) is 0. The van der Waals surface area contributed by atoms with Gasteiger partial charge < -0.3 is 4.79 Å². The molecule has 0 aromatic heterocycles. The third-order valence-corrected chi connectivity index (χ3v) is 5.34. The summed E-state index contributed by atoms with van der Waals surface area (Å²) in [6, 6.07) is 8.05. The van der Waals surface area contributed by atoms with E-state index in [2.05, 4.69) is 15.9 Å². The van der Waals surface area contributed by atoms with Gasteiger partial charge in [-0.2, -0.15) is 0 Å². The van der Waals surface area contributed by atoms with Gasteiger partial charge in [-0.25, -0.2) is 8.42 Å². The second-order valence-electron chi connectivity index (χ2n) is 2.67. The zero-order valence-corrected chi connectivity index (χ0v) is 9.66. The fourth-order valence-electron chi connectivity index (χ4n) is 0.960. The third-order valence-electron chi connectivity index (χ3n) is 1.69. The maximum absolute atomic E-state index is 11.7. The molecule has 1 rings (SSSR count). The molecule has 0 heterocycles. The van der Waals surface area contributed by atoms with E-state index in [1.165, 1.54) is 12.1 Å². The lowest BCUT2D eigenvalue weighted by Gasteiger charge is -2.07. The minimum absolute atomic E-state index is 0.0444. The van der Waals surface area contributed by atoms with Crippen molar-refractivity contribution in [2.45, 2.75) is 15.5 Å². The molecule has 1 atom stereocenters. The maximum Gasteiger partial charge on any atom is 0.191 e. The molecule has 1 aromatic rings. The Labute approximate surface area is 91.2 Å². The lowest BCUT2D eigenvalue weighted by molar-refractivity contribution is -0.107. The Morgan fingerprint density at radius 3 is 2.36 bits per heavy atom. The Kier molecular flexibility index (Phi) is 3.83. The SMILES string of the molecule is O=CCC(Br)S(=O)(=O)c1ccccc1. The number of sulfone groups is 1. The van der Waals surface area contributed by atoms with Gasteiger partial charge in [0.15, 0.2) is 9.84 Å². The third kappa shape index (κ3) is 2.42. The molecular formula is C9H9BrO3S. The Hall–Kier alpha value is -0.680. The summed E-state index contributed by atoms with van der Waals surface area (Å²) >= 11 is 2.98. The van der Waals surface area contributed by atoms with Crippen LogP contribution in [0, 0.1) is 0 Å². The van der Waals surface area contributed by atoms with Crippen molar-refractivity contribution in [2.24, 2.45) is 0 Å². The van der Waals surface area contributed by atoms with Crippen LogP contribution in [0.4, 0.5) is 0 Å². The monoisotopic (exact) mass is 276 g/mol. The second-order valence-corrected chi connectivity index (χ2v) is 6.51. The summed E-state index contributed by atoms with van der Waals surface area (Å²) in [5, 5.41) is 0. The van der Waals surface area contributed by atoms with E-state index < -0.39 is 14.0 Å². The summed E-state index contributed by atoms with van der Waals surface area (Å²) in [5.41, 5.74) is 0. The topological polar surface area (TPSA) is 51.2 Å². The molecule has 5 heteroatoms. The summed E-state index contributed by atoms with van der Waals surface area (Å²) in [5.74, 6) is 0. The van der Waals surface area contributed by atoms with E-state index in [0.29, 0.717) is 6.29 Å². The Morgan fingerprint density at radius 2 is 1.86 bits per heavy atom. The van der Waals surface area contributed by atoms with Gasteiger partial charge in [-0.05, 0) is 12.1 Å². The number of hydrogen-bond donors (Lipinski definition) is 0. The largest absolute Gasteiger partial charge is 0.303 e. The van der Waals surface area contributed by atoms with Crippen LogP contribution >= 0.6 is 15.9 Å². The molecule has 0 spiro atoms. The van der Waals surface area contributed by atoms with Crippen LogP contribution in [0.2, 0.25) is 0 Å². The first-order valence-electron chi connectivity index (χ1n) is 3.95. The molecule has 1 unspecified atom stereocenters. The van der Waals surface area contributed by atoms with Gasteiger partial charge in [0, 0.05) is 6.42 Å². The smallest absolute Gasteiger partial charge is 0.191 e. The predicted octanol–water partition coefficient (Wildman–Crippen LogP) is 1.77. The van der Waals surface area contributed by atoms with Gasteiger partial charge in [-0.3, -0.25) is 0 Å². The average molecular weight is 277 g/mol. The first-order valence-corrected chi connectivity index (χ1v) is 6.42. The first-order chi connectivity index (χ1) is 6.59. The molecule has 0 saturated carbocycles. The van der Waals surface area contributed by atoms with Crippen LogP contribution in [0.25, 0.3) is 0 Å². The van der Waals surface area contributed by atoms with E-state index in [1.807, 2.05) is 0 Å². The van der Waals surface area contributed by atoms with E-state index >= 15 is 0 Å². The second kappa shape index (κ2) is 4.70. The van der Waals surface area contributed by atoms with Gasteiger partial charge in [0.05, 0.1) is 4.90 Å². The molecular weight excluding hydrogens is 268 g/mol. The molecule has 0 bridgehead atoms. The van der Waals surface area contributed by atoms with Gasteiger partial charge in [0.1, 0.15) is 10.4 Å². The molecule has 0 radical (unpaired) electrons. The van der Waals surface area contributed by atoms with Crippen LogP contribution in [0.5, 0.6) is 0 Å². The van der Waals surface area contributed by atoms with Gasteiger partial charge in [-0.1, -0.05) is 34.1 Å². The highest BCUT2D eigenvalue weighted by molar-refractivity contribution is 9.11. The van der Waals surface area contributed by atoms with Gasteiger partial charge in [0.25, 0.3) is 0 Å². The lowest BCUT2D eigenvalue weighted by atomic mass is 10.4. The number of rotatable bonds is 4. The van der Waals surface area contributed by atoms with Crippen LogP contribution in [0.15, 0.2) is 35.2 Å². The molecule has 0 N–H and O–H groups in total. The first kappa shape index (κ1) is 11.4. The molecule has 0 aliphatic heterocycles. The van der Waals surface area contributed by atoms with Crippen molar-refractivity contribution in [1.82, 2.24) is 0 Å². The standard InChI is InChI=1S/C9H9BrO3S/c10-9(6-7-11)14(12,13)8-4-2-1-3-5-8/h1-5,7,9H,6H2. The molecule has 0 aliphatic carbocycles. The Balaban J connectivity index is 3.03. The van der Waals surface area contributed by atoms with Gasteiger partial charge in [-0.15, -0.1) is 0 Å². The quantitative estimate of drug-likeness (QED) is 0.622. The lowest BCUT2D eigenvalue weighted by Crippen LogP contribution is -2.15. The Morgan fingerprint density at radius 1 is 1.29 bits per heavy atom. The van der Waals surface area contributed by atoms with Crippen molar-refractivity contribution < 1.29 is 13.2 Å². The molecule has 3 nitrogen and oxygen atoms in total. The van der Waals surface area contributed by atoms with Crippen molar-refractivity contribution in [1.29, 1.82) is 0 Å². The van der Waals surface area contributed by atoms with Crippen molar-refractivity contribution in [3.05, 3.63) is 30.3 Å². The van der Waals surface area contributed by atoms with E-state index in [1.54, 1.807) is 18.2 Å². The number of carbonyl (C=O) groups excluding carboxylic acids is 1.